The molecule has 1 N–H and O–H groups in total. The molecular weight excluding hydrogens is 321 g/mol. The molecule has 1 aromatic rings. The lowest BCUT2D eigenvalue weighted by Gasteiger charge is -2.44. The number of halogens is 2. The van der Waals surface area contributed by atoms with E-state index in [0.717, 1.165) is 31.6 Å². The molecule has 112 valence electrons. The van der Waals surface area contributed by atoms with Crippen LogP contribution in [0.25, 0.3) is 0 Å². The maximum atomic E-state index is 14.4. The van der Waals surface area contributed by atoms with E-state index in [0.29, 0.717) is 10.0 Å². The van der Waals surface area contributed by atoms with Gasteiger partial charge >= 0.3 is 0 Å². The molecule has 4 heteroatoms. The van der Waals surface area contributed by atoms with Crippen molar-refractivity contribution in [2.45, 2.75) is 44.2 Å². The first-order valence-electron chi connectivity index (χ1n) is 7.20. The van der Waals surface area contributed by atoms with E-state index in [1.807, 2.05) is 19.2 Å². The summed E-state index contributed by atoms with van der Waals surface area (Å²) in [6.07, 6.45) is 4.17. The van der Waals surface area contributed by atoms with Gasteiger partial charge in [-0.25, -0.2) is 4.39 Å². The quantitative estimate of drug-likeness (QED) is 0.872. The van der Waals surface area contributed by atoms with Crippen LogP contribution in [0.1, 0.15) is 44.2 Å². The first-order chi connectivity index (χ1) is 9.54. The van der Waals surface area contributed by atoms with E-state index >= 15 is 0 Å². The average molecular weight is 344 g/mol. The Bertz CT molecular complexity index is 458. The standard InChI is InChI=1S/C16H23BrFNO/c1-11-7-9-16(20-3,10-8-11)15(19-2)12-5-4-6-13(17)14(12)18/h4-6,11,15,19H,7-10H2,1-3H3. The highest BCUT2D eigenvalue weighted by Crippen LogP contribution is 2.43. The molecule has 20 heavy (non-hydrogen) atoms. The molecule has 0 heterocycles. The number of hydrogen-bond acceptors (Lipinski definition) is 2. The average Bonchev–Trinajstić information content (AvgIpc) is 2.46. The predicted octanol–water partition coefficient (Wildman–Crippen LogP) is 4.44. The van der Waals surface area contributed by atoms with Crippen molar-refractivity contribution in [1.82, 2.24) is 5.32 Å². The fraction of sp³-hybridized carbons (Fsp3) is 0.625. The second-order valence-corrected chi connectivity index (χ2v) is 6.67. The maximum Gasteiger partial charge on any atom is 0.142 e. The molecule has 0 aromatic heterocycles. The van der Waals surface area contributed by atoms with Gasteiger partial charge in [-0.3, -0.25) is 0 Å². The van der Waals surface area contributed by atoms with Gasteiger partial charge in [0, 0.05) is 12.7 Å². The number of benzene rings is 1. The van der Waals surface area contributed by atoms with Crippen LogP contribution in [0.3, 0.4) is 0 Å². The van der Waals surface area contributed by atoms with E-state index in [4.69, 9.17) is 4.74 Å². The molecular formula is C16H23BrFNO. The normalized spacial score (nSPS) is 28.4. The molecule has 1 saturated carbocycles. The second-order valence-electron chi connectivity index (χ2n) is 5.82. The third kappa shape index (κ3) is 2.92. The highest BCUT2D eigenvalue weighted by atomic mass is 79.9. The third-order valence-electron chi connectivity index (χ3n) is 4.63. The minimum atomic E-state index is -0.317. The van der Waals surface area contributed by atoms with Crippen LogP contribution in [0.15, 0.2) is 22.7 Å². The summed E-state index contributed by atoms with van der Waals surface area (Å²) in [6.45, 7) is 2.27. The van der Waals surface area contributed by atoms with Crippen molar-refractivity contribution in [3.05, 3.63) is 34.1 Å². The van der Waals surface area contributed by atoms with Crippen LogP contribution >= 0.6 is 15.9 Å². The van der Waals surface area contributed by atoms with Gasteiger partial charge in [-0.1, -0.05) is 19.1 Å². The van der Waals surface area contributed by atoms with Gasteiger partial charge in [-0.15, -0.1) is 0 Å². The Balaban J connectivity index is 2.37. The molecule has 1 fully saturated rings. The fourth-order valence-electron chi connectivity index (χ4n) is 3.31. The zero-order valence-electron chi connectivity index (χ0n) is 12.4. The van der Waals surface area contributed by atoms with Crippen LogP contribution in [-0.2, 0) is 4.74 Å². The van der Waals surface area contributed by atoms with Gasteiger partial charge < -0.3 is 10.1 Å². The van der Waals surface area contributed by atoms with E-state index in [2.05, 4.69) is 28.2 Å². The molecule has 0 radical (unpaired) electrons. The summed E-state index contributed by atoms with van der Waals surface area (Å²) in [6, 6.07) is 5.33. The molecule has 2 rings (SSSR count). The van der Waals surface area contributed by atoms with E-state index < -0.39 is 0 Å². The number of methoxy groups -OCH3 is 1. The third-order valence-corrected chi connectivity index (χ3v) is 5.25. The molecule has 1 atom stereocenters. The van der Waals surface area contributed by atoms with E-state index in [-0.39, 0.29) is 17.5 Å². The highest BCUT2D eigenvalue weighted by Gasteiger charge is 2.42. The highest BCUT2D eigenvalue weighted by molar-refractivity contribution is 9.10. The number of ether oxygens (including phenoxy) is 1. The lowest BCUT2D eigenvalue weighted by atomic mass is 9.73. The minimum absolute atomic E-state index is 0.127. The smallest absolute Gasteiger partial charge is 0.142 e. The van der Waals surface area contributed by atoms with Gasteiger partial charge in [0.2, 0.25) is 0 Å². The van der Waals surface area contributed by atoms with Gasteiger partial charge in [-0.05, 0) is 60.6 Å². The first kappa shape index (κ1) is 15.9. The van der Waals surface area contributed by atoms with E-state index in [1.165, 1.54) is 0 Å². The predicted molar refractivity (Wildman–Crippen MR) is 83.3 cm³/mol. The topological polar surface area (TPSA) is 21.3 Å². The Hall–Kier alpha value is -0.450. The monoisotopic (exact) mass is 343 g/mol. The molecule has 0 aliphatic heterocycles. The minimum Gasteiger partial charge on any atom is -0.376 e. The molecule has 2 nitrogen and oxygen atoms in total. The van der Waals surface area contributed by atoms with Crippen molar-refractivity contribution in [1.29, 1.82) is 0 Å². The van der Waals surface area contributed by atoms with Crippen LogP contribution in [0.4, 0.5) is 4.39 Å². The van der Waals surface area contributed by atoms with Gasteiger partial charge in [0.1, 0.15) is 5.82 Å². The zero-order valence-corrected chi connectivity index (χ0v) is 14.0. The summed E-state index contributed by atoms with van der Waals surface area (Å²) in [4.78, 5) is 0. The van der Waals surface area contributed by atoms with Gasteiger partial charge in [-0.2, -0.15) is 0 Å². The van der Waals surface area contributed by atoms with Crippen molar-refractivity contribution in [3.8, 4) is 0 Å². The Morgan fingerprint density at radius 2 is 2.05 bits per heavy atom. The summed E-state index contributed by atoms with van der Waals surface area (Å²) in [5.41, 5.74) is 0.362. The van der Waals surface area contributed by atoms with E-state index in [9.17, 15) is 4.39 Å². The lowest BCUT2D eigenvalue weighted by Crippen LogP contribution is -2.47. The van der Waals surface area contributed by atoms with Crippen LogP contribution in [0.5, 0.6) is 0 Å². The number of hydrogen-bond donors (Lipinski definition) is 1. The zero-order chi connectivity index (χ0) is 14.8. The Morgan fingerprint density at radius 3 is 2.60 bits per heavy atom. The Kier molecular flexibility index (Phi) is 5.21. The van der Waals surface area contributed by atoms with Gasteiger partial charge in [0.15, 0.2) is 0 Å². The van der Waals surface area contributed by atoms with Crippen LogP contribution in [0.2, 0.25) is 0 Å². The molecule has 1 unspecified atom stereocenters. The summed E-state index contributed by atoms with van der Waals surface area (Å²) in [5.74, 6) is 0.532. The number of rotatable bonds is 4. The van der Waals surface area contributed by atoms with E-state index in [1.54, 1.807) is 13.2 Å². The van der Waals surface area contributed by atoms with Crippen LogP contribution < -0.4 is 5.32 Å². The molecule has 1 aliphatic carbocycles. The number of likely N-dealkylation sites (N-methyl/N-ethyl adjacent to an activating group) is 1. The van der Waals surface area contributed by atoms with Gasteiger partial charge in [0.25, 0.3) is 0 Å². The maximum absolute atomic E-state index is 14.4. The molecule has 0 spiro atoms. The van der Waals surface area contributed by atoms with Crippen LogP contribution in [-0.4, -0.2) is 19.8 Å². The SMILES string of the molecule is CNC(c1cccc(Br)c1F)C1(OC)CCC(C)CC1. The van der Waals surface area contributed by atoms with Crippen molar-refractivity contribution >= 4 is 15.9 Å². The molecule has 1 aliphatic rings. The Labute approximate surface area is 129 Å². The largest absolute Gasteiger partial charge is 0.376 e. The molecule has 1 aromatic carbocycles. The molecule has 0 amide bonds. The first-order valence-corrected chi connectivity index (χ1v) is 7.99. The summed E-state index contributed by atoms with van der Waals surface area (Å²) < 4.78 is 20.8. The Morgan fingerprint density at radius 1 is 1.40 bits per heavy atom. The van der Waals surface area contributed by atoms with Crippen LogP contribution in [0, 0.1) is 11.7 Å². The molecule has 0 saturated heterocycles. The number of nitrogens with one attached hydrogen (secondary N) is 1. The van der Waals surface area contributed by atoms with Crippen molar-refractivity contribution in [2.24, 2.45) is 5.92 Å². The fourth-order valence-corrected chi connectivity index (χ4v) is 3.69. The summed E-state index contributed by atoms with van der Waals surface area (Å²) >= 11 is 3.27. The van der Waals surface area contributed by atoms with Gasteiger partial charge in [0.05, 0.1) is 16.1 Å². The van der Waals surface area contributed by atoms with Crippen molar-refractivity contribution < 1.29 is 9.13 Å². The summed E-state index contributed by atoms with van der Waals surface area (Å²) in [5, 5.41) is 3.28. The lowest BCUT2D eigenvalue weighted by molar-refractivity contribution is -0.0752. The van der Waals surface area contributed by atoms with Crippen molar-refractivity contribution in [3.63, 3.8) is 0 Å². The summed E-state index contributed by atoms with van der Waals surface area (Å²) in [7, 11) is 3.63. The van der Waals surface area contributed by atoms with Crippen molar-refractivity contribution in [2.75, 3.05) is 14.2 Å². The molecule has 0 bridgehead atoms. The second kappa shape index (κ2) is 6.54.